The van der Waals surface area contributed by atoms with Gasteiger partial charge in [0.1, 0.15) is 5.75 Å². The lowest BCUT2D eigenvalue weighted by Crippen LogP contribution is -2.15. The largest absolute Gasteiger partial charge is 0.454 e. The highest BCUT2D eigenvalue weighted by Gasteiger charge is 2.15. The van der Waals surface area contributed by atoms with Gasteiger partial charge in [-0.15, -0.1) is 0 Å². The van der Waals surface area contributed by atoms with Gasteiger partial charge < -0.3 is 14.8 Å². The molecule has 0 aliphatic carbocycles. The van der Waals surface area contributed by atoms with Crippen molar-refractivity contribution < 1.29 is 28.7 Å². The van der Waals surface area contributed by atoms with Gasteiger partial charge in [-0.05, 0) is 71.6 Å². The lowest BCUT2D eigenvalue weighted by molar-refractivity contribution is -0.131. The van der Waals surface area contributed by atoms with Gasteiger partial charge in [-0.1, -0.05) is 32.9 Å². The third-order valence-electron chi connectivity index (χ3n) is 5.16. The second kappa shape index (κ2) is 10.8. The maximum atomic E-state index is 12.5. The summed E-state index contributed by atoms with van der Waals surface area (Å²) in [4.78, 5) is 48.0. The number of carbonyl (C=O) groups excluding carboxylic acids is 4. The molecule has 0 aromatic heterocycles. The first kappa shape index (κ1) is 25.4. The van der Waals surface area contributed by atoms with E-state index in [1.165, 1.54) is 43.3 Å². The molecule has 1 amide bonds. The monoisotopic (exact) mass is 473 g/mol. The van der Waals surface area contributed by atoms with Crippen LogP contribution in [-0.4, -0.2) is 30.2 Å². The molecule has 0 radical (unpaired) electrons. The molecule has 3 aromatic carbocycles. The normalized spacial score (nSPS) is 10.9. The van der Waals surface area contributed by atoms with Crippen molar-refractivity contribution in [3.63, 3.8) is 0 Å². The number of rotatable bonds is 7. The van der Waals surface area contributed by atoms with E-state index in [-0.39, 0.29) is 16.9 Å². The number of carbonyl (C=O) groups is 4. The fraction of sp³-hybridized carbons (Fsp3) is 0.214. The fourth-order valence-electron chi connectivity index (χ4n) is 3.19. The van der Waals surface area contributed by atoms with Gasteiger partial charge >= 0.3 is 11.9 Å². The van der Waals surface area contributed by atoms with Crippen molar-refractivity contribution >= 4 is 29.3 Å². The van der Waals surface area contributed by atoms with E-state index >= 15 is 0 Å². The standard InChI is InChI=1S/C28H27NO6/c1-18(30)35-24-15-9-19(10-16-24)25(31)17-34-27(33)21-7-13-23(14-8-21)29-26(32)20-5-11-22(12-6-20)28(2,3)4/h5-16H,17H2,1-4H3,(H,29,32). The minimum Gasteiger partial charge on any atom is -0.454 e. The zero-order valence-electron chi connectivity index (χ0n) is 20.1. The number of amides is 1. The van der Waals surface area contributed by atoms with E-state index in [1.807, 2.05) is 12.1 Å². The average Bonchev–Trinajstić information content (AvgIpc) is 2.82. The molecule has 0 atom stereocenters. The Balaban J connectivity index is 1.53. The molecule has 7 nitrogen and oxygen atoms in total. The van der Waals surface area contributed by atoms with Crippen molar-refractivity contribution in [3.05, 3.63) is 95.1 Å². The summed E-state index contributed by atoms with van der Waals surface area (Å²) in [6, 6.07) is 19.6. The van der Waals surface area contributed by atoms with Gasteiger partial charge in [-0.25, -0.2) is 4.79 Å². The van der Waals surface area contributed by atoms with Gasteiger partial charge in [-0.3, -0.25) is 14.4 Å². The van der Waals surface area contributed by atoms with Crippen molar-refractivity contribution in [1.82, 2.24) is 0 Å². The summed E-state index contributed by atoms with van der Waals surface area (Å²) in [5.41, 5.74) is 2.75. The molecular formula is C28H27NO6. The van der Waals surface area contributed by atoms with Crippen LogP contribution in [0.4, 0.5) is 5.69 Å². The molecule has 3 rings (SSSR count). The van der Waals surface area contributed by atoms with E-state index in [4.69, 9.17) is 9.47 Å². The lowest BCUT2D eigenvalue weighted by Gasteiger charge is -2.19. The SMILES string of the molecule is CC(=O)Oc1ccc(C(=O)COC(=O)c2ccc(NC(=O)c3ccc(C(C)(C)C)cc3)cc2)cc1. The highest BCUT2D eigenvalue weighted by molar-refractivity contribution is 6.04. The molecule has 7 heteroatoms. The Morgan fingerprint density at radius 2 is 1.29 bits per heavy atom. The van der Waals surface area contributed by atoms with Crippen LogP contribution < -0.4 is 10.1 Å². The molecule has 0 saturated carbocycles. The van der Waals surface area contributed by atoms with Gasteiger partial charge in [0.05, 0.1) is 5.56 Å². The first-order valence-corrected chi connectivity index (χ1v) is 11.0. The molecule has 1 N–H and O–H groups in total. The van der Waals surface area contributed by atoms with Gasteiger partial charge in [0, 0.05) is 23.7 Å². The number of esters is 2. The lowest BCUT2D eigenvalue weighted by atomic mass is 9.87. The van der Waals surface area contributed by atoms with E-state index in [1.54, 1.807) is 24.3 Å². The summed E-state index contributed by atoms with van der Waals surface area (Å²) in [6.07, 6.45) is 0. The van der Waals surface area contributed by atoms with E-state index in [0.717, 1.165) is 5.56 Å². The molecule has 0 aliphatic heterocycles. The van der Waals surface area contributed by atoms with E-state index < -0.39 is 24.3 Å². The predicted octanol–water partition coefficient (Wildman–Crippen LogP) is 5.20. The van der Waals surface area contributed by atoms with Crippen molar-refractivity contribution in [1.29, 1.82) is 0 Å². The van der Waals surface area contributed by atoms with Crippen LogP contribution in [0.15, 0.2) is 72.8 Å². The highest BCUT2D eigenvalue weighted by atomic mass is 16.5. The van der Waals surface area contributed by atoms with Crippen molar-refractivity contribution in [2.75, 3.05) is 11.9 Å². The summed E-state index contributed by atoms with van der Waals surface area (Å²) in [5.74, 6) is -1.45. The van der Waals surface area contributed by atoms with E-state index in [2.05, 4.69) is 26.1 Å². The first-order chi connectivity index (χ1) is 16.5. The number of hydrogen-bond acceptors (Lipinski definition) is 6. The number of ketones is 1. The Morgan fingerprint density at radius 3 is 1.83 bits per heavy atom. The average molecular weight is 474 g/mol. The van der Waals surface area contributed by atoms with Crippen LogP contribution in [0.1, 0.15) is 64.3 Å². The highest BCUT2D eigenvalue weighted by Crippen LogP contribution is 2.22. The van der Waals surface area contributed by atoms with E-state index in [0.29, 0.717) is 22.6 Å². The molecule has 3 aromatic rings. The second-order valence-electron chi connectivity index (χ2n) is 8.98. The number of benzene rings is 3. The molecule has 0 heterocycles. The number of ether oxygens (including phenoxy) is 2. The van der Waals surface area contributed by atoms with Crippen LogP contribution in [0.5, 0.6) is 5.75 Å². The molecule has 0 saturated heterocycles. The van der Waals surface area contributed by atoms with Gasteiger partial charge in [0.2, 0.25) is 0 Å². The summed E-state index contributed by atoms with van der Waals surface area (Å²) < 4.78 is 10.0. The number of Topliss-reactive ketones (excluding diaryl/α,β-unsaturated/α-hetero) is 1. The molecule has 35 heavy (non-hydrogen) atoms. The number of hydrogen-bond donors (Lipinski definition) is 1. The summed E-state index contributed by atoms with van der Waals surface area (Å²) in [5, 5.41) is 2.79. The molecule has 180 valence electrons. The van der Waals surface area contributed by atoms with Gasteiger partial charge in [0.15, 0.2) is 12.4 Å². The number of nitrogens with one attached hydrogen (secondary N) is 1. The van der Waals surface area contributed by atoms with Gasteiger partial charge in [-0.2, -0.15) is 0 Å². The quantitative estimate of drug-likeness (QED) is 0.288. The predicted molar refractivity (Wildman–Crippen MR) is 132 cm³/mol. The third-order valence-corrected chi connectivity index (χ3v) is 5.16. The summed E-state index contributed by atoms with van der Waals surface area (Å²) in [6.45, 7) is 7.16. The molecule has 0 fully saturated rings. The first-order valence-electron chi connectivity index (χ1n) is 11.0. The molecule has 0 aliphatic rings. The summed E-state index contributed by atoms with van der Waals surface area (Å²) in [7, 11) is 0. The maximum Gasteiger partial charge on any atom is 0.338 e. The molecule has 0 unspecified atom stereocenters. The van der Waals surface area contributed by atoms with Crippen molar-refractivity contribution in [2.45, 2.75) is 33.1 Å². The Bertz CT molecular complexity index is 1220. The van der Waals surface area contributed by atoms with Crippen LogP contribution >= 0.6 is 0 Å². The van der Waals surface area contributed by atoms with Crippen molar-refractivity contribution in [2.24, 2.45) is 0 Å². The molecule has 0 bridgehead atoms. The Kier molecular flexibility index (Phi) is 7.81. The molecule has 0 spiro atoms. The smallest absolute Gasteiger partial charge is 0.338 e. The van der Waals surface area contributed by atoms with Crippen LogP contribution in [0.25, 0.3) is 0 Å². The Labute approximate surface area is 204 Å². The third kappa shape index (κ3) is 7.11. The van der Waals surface area contributed by atoms with Crippen LogP contribution in [0, 0.1) is 0 Å². The minimum absolute atomic E-state index is 0.0000741. The fourth-order valence-corrected chi connectivity index (χ4v) is 3.19. The van der Waals surface area contributed by atoms with E-state index in [9.17, 15) is 19.2 Å². The minimum atomic E-state index is -0.662. The van der Waals surface area contributed by atoms with Crippen LogP contribution in [-0.2, 0) is 14.9 Å². The Morgan fingerprint density at radius 1 is 0.743 bits per heavy atom. The topological polar surface area (TPSA) is 98.8 Å². The summed E-state index contributed by atoms with van der Waals surface area (Å²) >= 11 is 0. The van der Waals surface area contributed by atoms with Crippen molar-refractivity contribution in [3.8, 4) is 5.75 Å². The zero-order chi connectivity index (χ0) is 25.6. The maximum absolute atomic E-state index is 12.5. The molecular weight excluding hydrogens is 446 g/mol. The number of anilines is 1. The van der Waals surface area contributed by atoms with Crippen LogP contribution in [0.2, 0.25) is 0 Å². The van der Waals surface area contributed by atoms with Gasteiger partial charge in [0.25, 0.3) is 5.91 Å². The second-order valence-corrected chi connectivity index (χ2v) is 8.98. The zero-order valence-corrected chi connectivity index (χ0v) is 20.1. The Hall–Kier alpha value is -4.26. The van der Waals surface area contributed by atoms with Crippen LogP contribution in [0.3, 0.4) is 0 Å².